The van der Waals surface area contributed by atoms with Crippen molar-refractivity contribution in [2.24, 2.45) is 0 Å². The van der Waals surface area contributed by atoms with Gasteiger partial charge in [-0.05, 0) is 18.9 Å². The zero-order valence-electron chi connectivity index (χ0n) is 14.7. The SMILES string of the molecule is CS(=O)(=O)N(C1CCOCC1)C1CN(C(=O)c2c[nH]c3ccccc23)C1. The summed E-state index contributed by atoms with van der Waals surface area (Å²) < 4.78 is 31.6. The highest BCUT2D eigenvalue weighted by molar-refractivity contribution is 7.88. The first kappa shape index (κ1) is 17.5. The molecular weight excluding hydrogens is 354 g/mol. The highest BCUT2D eigenvalue weighted by atomic mass is 32.2. The van der Waals surface area contributed by atoms with E-state index in [9.17, 15) is 13.2 Å². The number of ether oxygens (including phenoxy) is 1. The Hall–Kier alpha value is -1.90. The molecule has 1 N–H and O–H groups in total. The van der Waals surface area contributed by atoms with Crippen LogP contribution in [0.25, 0.3) is 10.9 Å². The molecule has 1 aromatic heterocycles. The van der Waals surface area contributed by atoms with E-state index >= 15 is 0 Å². The molecule has 1 aromatic carbocycles. The normalized spacial score (nSPS) is 19.8. The van der Waals surface area contributed by atoms with E-state index in [2.05, 4.69) is 4.98 Å². The quantitative estimate of drug-likeness (QED) is 0.874. The van der Waals surface area contributed by atoms with Crippen molar-refractivity contribution in [2.45, 2.75) is 24.9 Å². The lowest BCUT2D eigenvalue weighted by atomic mass is 10.0. The van der Waals surface area contributed by atoms with Crippen molar-refractivity contribution in [2.75, 3.05) is 32.6 Å². The molecule has 2 aliphatic heterocycles. The number of nitrogens with one attached hydrogen (secondary N) is 1. The van der Waals surface area contributed by atoms with Crippen LogP contribution in [0, 0.1) is 0 Å². The van der Waals surface area contributed by atoms with Crippen molar-refractivity contribution < 1.29 is 17.9 Å². The van der Waals surface area contributed by atoms with Crippen LogP contribution in [-0.4, -0.2) is 73.2 Å². The Balaban J connectivity index is 1.48. The smallest absolute Gasteiger partial charge is 0.256 e. The first-order valence-electron chi connectivity index (χ1n) is 8.87. The number of para-hydroxylation sites is 1. The van der Waals surface area contributed by atoms with Gasteiger partial charge in [0, 0.05) is 49.4 Å². The predicted octanol–water partition coefficient (Wildman–Crippen LogP) is 1.43. The Labute approximate surface area is 153 Å². The van der Waals surface area contributed by atoms with Crippen molar-refractivity contribution in [3.05, 3.63) is 36.0 Å². The molecule has 0 saturated carbocycles. The Morgan fingerprint density at radius 2 is 1.88 bits per heavy atom. The summed E-state index contributed by atoms with van der Waals surface area (Å²) >= 11 is 0. The van der Waals surface area contributed by atoms with Gasteiger partial charge in [0.1, 0.15) is 0 Å². The third-order valence-electron chi connectivity index (χ3n) is 5.26. The van der Waals surface area contributed by atoms with Crippen molar-refractivity contribution in [1.82, 2.24) is 14.2 Å². The number of H-pyrrole nitrogens is 1. The van der Waals surface area contributed by atoms with Crippen LogP contribution in [-0.2, 0) is 14.8 Å². The second-order valence-electron chi connectivity index (χ2n) is 7.05. The number of aromatic nitrogens is 1. The van der Waals surface area contributed by atoms with E-state index < -0.39 is 10.0 Å². The molecule has 2 fully saturated rings. The van der Waals surface area contributed by atoms with Crippen LogP contribution in [0.4, 0.5) is 0 Å². The second kappa shape index (κ2) is 6.68. The van der Waals surface area contributed by atoms with Gasteiger partial charge < -0.3 is 14.6 Å². The van der Waals surface area contributed by atoms with Crippen molar-refractivity contribution in [3.8, 4) is 0 Å². The molecule has 3 heterocycles. The van der Waals surface area contributed by atoms with Gasteiger partial charge in [0.25, 0.3) is 5.91 Å². The largest absolute Gasteiger partial charge is 0.381 e. The maximum atomic E-state index is 12.8. The molecule has 1 amide bonds. The Morgan fingerprint density at radius 1 is 1.19 bits per heavy atom. The molecule has 8 heteroatoms. The molecule has 2 saturated heterocycles. The van der Waals surface area contributed by atoms with Gasteiger partial charge in [-0.15, -0.1) is 0 Å². The van der Waals surface area contributed by atoms with Crippen LogP contribution < -0.4 is 0 Å². The third kappa shape index (κ3) is 3.13. The van der Waals surface area contributed by atoms with Gasteiger partial charge in [-0.1, -0.05) is 18.2 Å². The minimum Gasteiger partial charge on any atom is -0.381 e. The summed E-state index contributed by atoms with van der Waals surface area (Å²) in [6.07, 6.45) is 4.40. The first-order chi connectivity index (χ1) is 12.4. The monoisotopic (exact) mass is 377 g/mol. The molecule has 0 unspecified atom stereocenters. The Bertz CT molecular complexity index is 911. The number of amides is 1. The zero-order valence-corrected chi connectivity index (χ0v) is 15.5. The molecule has 4 rings (SSSR count). The number of nitrogens with zero attached hydrogens (tertiary/aromatic N) is 2. The maximum absolute atomic E-state index is 12.8. The van der Waals surface area contributed by atoms with Crippen molar-refractivity contribution >= 4 is 26.8 Å². The third-order valence-corrected chi connectivity index (χ3v) is 6.62. The van der Waals surface area contributed by atoms with Gasteiger partial charge in [0.2, 0.25) is 10.0 Å². The van der Waals surface area contributed by atoms with Crippen LogP contribution in [0.2, 0.25) is 0 Å². The number of hydrogen-bond acceptors (Lipinski definition) is 4. The van der Waals surface area contributed by atoms with Crippen molar-refractivity contribution in [1.29, 1.82) is 0 Å². The van der Waals surface area contributed by atoms with E-state index in [0.717, 1.165) is 10.9 Å². The Kier molecular flexibility index (Phi) is 4.50. The summed E-state index contributed by atoms with van der Waals surface area (Å²) in [5, 5.41) is 0.894. The van der Waals surface area contributed by atoms with Gasteiger partial charge in [-0.25, -0.2) is 8.42 Å². The van der Waals surface area contributed by atoms with E-state index in [0.29, 0.717) is 44.7 Å². The molecule has 0 radical (unpaired) electrons. The van der Waals surface area contributed by atoms with Gasteiger partial charge in [-0.2, -0.15) is 4.31 Å². The number of carbonyl (C=O) groups excluding carboxylic acids is 1. The van der Waals surface area contributed by atoms with E-state index in [1.807, 2.05) is 24.3 Å². The molecule has 0 aliphatic carbocycles. The summed E-state index contributed by atoms with van der Waals surface area (Å²) in [6.45, 7) is 2.04. The summed E-state index contributed by atoms with van der Waals surface area (Å²) in [4.78, 5) is 17.6. The topological polar surface area (TPSA) is 82.7 Å². The molecule has 7 nitrogen and oxygen atoms in total. The van der Waals surface area contributed by atoms with E-state index in [1.54, 1.807) is 15.4 Å². The fourth-order valence-electron chi connectivity index (χ4n) is 3.98. The average Bonchev–Trinajstić information content (AvgIpc) is 3.01. The van der Waals surface area contributed by atoms with Crippen LogP contribution >= 0.6 is 0 Å². The zero-order chi connectivity index (χ0) is 18.3. The molecule has 0 bridgehead atoms. The average molecular weight is 377 g/mol. The van der Waals surface area contributed by atoms with E-state index in [1.165, 1.54) is 6.26 Å². The van der Waals surface area contributed by atoms with E-state index in [-0.39, 0.29) is 18.0 Å². The van der Waals surface area contributed by atoms with Crippen LogP contribution in [0.5, 0.6) is 0 Å². The van der Waals surface area contributed by atoms with Crippen LogP contribution in [0.15, 0.2) is 30.5 Å². The van der Waals surface area contributed by atoms with Gasteiger partial charge in [0.05, 0.1) is 17.9 Å². The van der Waals surface area contributed by atoms with Crippen LogP contribution in [0.1, 0.15) is 23.2 Å². The van der Waals surface area contributed by atoms with Gasteiger partial charge >= 0.3 is 0 Å². The number of fused-ring (bicyclic) bond motifs is 1. The summed E-state index contributed by atoms with van der Waals surface area (Å²) in [7, 11) is -3.33. The molecule has 26 heavy (non-hydrogen) atoms. The predicted molar refractivity (Wildman–Crippen MR) is 98.5 cm³/mol. The fourth-order valence-corrected chi connectivity index (χ4v) is 5.41. The highest BCUT2D eigenvalue weighted by Gasteiger charge is 2.43. The first-order valence-corrected chi connectivity index (χ1v) is 10.7. The number of aromatic amines is 1. The van der Waals surface area contributed by atoms with Gasteiger partial charge in [-0.3, -0.25) is 4.79 Å². The number of benzene rings is 1. The minimum absolute atomic E-state index is 0.0332. The van der Waals surface area contributed by atoms with Crippen LogP contribution in [0.3, 0.4) is 0 Å². The second-order valence-corrected chi connectivity index (χ2v) is 8.94. The van der Waals surface area contributed by atoms with E-state index in [4.69, 9.17) is 4.74 Å². The molecule has 0 atom stereocenters. The standard InChI is InChI=1S/C18H23N3O4S/c1-26(23,24)21(13-6-8-25-9-7-13)14-11-20(12-14)18(22)16-10-19-17-5-3-2-4-15(16)17/h2-5,10,13-14,19H,6-9,11-12H2,1H3. The summed E-state index contributed by atoms with van der Waals surface area (Å²) in [5.41, 5.74) is 1.56. The highest BCUT2D eigenvalue weighted by Crippen LogP contribution is 2.28. The molecule has 2 aliphatic rings. The molecule has 0 spiro atoms. The lowest BCUT2D eigenvalue weighted by molar-refractivity contribution is 0.0126. The Morgan fingerprint density at radius 3 is 2.58 bits per heavy atom. The minimum atomic E-state index is -3.33. The van der Waals surface area contributed by atoms with Gasteiger partial charge in [0.15, 0.2) is 0 Å². The number of carbonyl (C=O) groups is 1. The van der Waals surface area contributed by atoms with Crippen molar-refractivity contribution in [3.63, 3.8) is 0 Å². The fraction of sp³-hybridized carbons (Fsp3) is 0.500. The number of hydrogen-bond donors (Lipinski definition) is 1. The molecule has 2 aromatic rings. The molecule has 140 valence electrons. The molecular formula is C18H23N3O4S. The number of rotatable bonds is 4. The summed E-state index contributed by atoms with van der Waals surface area (Å²) in [6, 6.07) is 7.49. The summed E-state index contributed by atoms with van der Waals surface area (Å²) in [5.74, 6) is -0.0564. The number of sulfonamides is 1. The lowest BCUT2D eigenvalue weighted by Crippen LogP contribution is -2.64. The number of likely N-dealkylation sites (tertiary alicyclic amines) is 1. The maximum Gasteiger partial charge on any atom is 0.256 e. The lowest BCUT2D eigenvalue weighted by Gasteiger charge is -2.47.